The number of halogens is 16. The molecular formula is C18H8F16O4S2. The summed E-state index contributed by atoms with van der Waals surface area (Å²) in [6, 6.07) is 0. The maximum atomic E-state index is 15.3. The minimum atomic E-state index is -7.50. The van der Waals surface area contributed by atoms with Gasteiger partial charge >= 0.3 is 18.5 Å². The molecule has 1 aromatic rings. The van der Waals surface area contributed by atoms with E-state index in [1.807, 2.05) is 0 Å². The van der Waals surface area contributed by atoms with E-state index in [-0.39, 0.29) is 0 Å². The molecule has 22 heteroatoms. The van der Waals surface area contributed by atoms with E-state index in [2.05, 4.69) is 0 Å². The zero-order valence-electron chi connectivity index (χ0n) is 18.3. The Morgan fingerprint density at radius 1 is 0.700 bits per heavy atom. The van der Waals surface area contributed by atoms with Gasteiger partial charge in [-0.1, -0.05) is 0 Å². The van der Waals surface area contributed by atoms with Crippen molar-refractivity contribution in [2.75, 3.05) is 5.75 Å². The third-order valence-electron chi connectivity index (χ3n) is 5.03. The Kier molecular flexibility index (Phi) is 8.75. The molecule has 1 aliphatic carbocycles. The molecule has 1 aliphatic rings. The van der Waals surface area contributed by atoms with E-state index in [0.717, 1.165) is 0 Å². The van der Waals surface area contributed by atoms with Crippen molar-refractivity contribution in [1.29, 1.82) is 0 Å². The standard InChI is InChI=1S/C18H8F16O4S2/c19-8-5-6(11(22)14(25)13(24)10(5)21)9(20)12(23)7(8)15(39(35,36)2-1-16(26,27)28)40(37,38)4(18(32,33)34)3-17(29,30)31/h4,8H,1-3H2/b15-7-. The Morgan fingerprint density at radius 3 is 1.60 bits per heavy atom. The molecule has 2 unspecified atom stereocenters. The number of benzene rings is 1. The van der Waals surface area contributed by atoms with Crippen molar-refractivity contribution in [3.05, 3.63) is 50.0 Å². The monoisotopic (exact) mass is 656 g/mol. The molecule has 40 heavy (non-hydrogen) atoms. The van der Waals surface area contributed by atoms with Crippen LogP contribution in [0, 0.1) is 23.3 Å². The van der Waals surface area contributed by atoms with Crippen LogP contribution in [0.3, 0.4) is 0 Å². The lowest BCUT2D eigenvalue weighted by Crippen LogP contribution is -2.43. The third-order valence-corrected chi connectivity index (χ3v) is 9.94. The van der Waals surface area contributed by atoms with Gasteiger partial charge in [-0.05, 0) is 0 Å². The number of hydrogen-bond donors (Lipinski definition) is 0. The molecule has 1 aromatic carbocycles. The Hall–Kier alpha value is -2.52. The van der Waals surface area contributed by atoms with Crippen LogP contribution in [-0.2, 0) is 19.7 Å². The first-order chi connectivity index (χ1) is 17.7. The highest BCUT2D eigenvalue weighted by atomic mass is 32.3. The summed E-state index contributed by atoms with van der Waals surface area (Å²) in [6.45, 7) is 0. The number of sulfone groups is 2. The first-order valence-electron chi connectivity index (χ1n) is 9.63. The highest BCUT2D eigenvalue weighted by molar-refractivity contribution is 8.14. The number of fused-ring (bicyclic) bond motifs is 1. The zero-order valence-corrected chi connectivity index (χ0v) is 19.9. The molecule has 2 atom stereocenters. The Balaban J connectivity index is 3.18. The summed E-state index contributed by atoms with van der Waals surface area (Å²) in [5.41, 5.74) is -8.30. The van der Waals surface area contributed by atoms with Crippen molar-refractivity contribution in [2.24, 2.45) is 0 Å². The first-order valence-corrected chi connectivity index (χ1v) is 12.8. The van der Waals surface area contributed by atoms with E-state index in [9.17, 15) is 82.7 Å². The Morgan fingerprint density at radius 2 is 1.18 bits per heavy atom. The molecule has 0 spiro atoms. The van der Waals surface area contributed by atoms with Gasteiger partial charge in [0, 0.05) is 5.56 Å². The van der Waals surface area contributed by atoms with E-state index in [1.54, 1.807) is 0 Å². The van der Waals surface area contributed by atoms with Crippen molar-refractivity contribution in [2.45, 2.75) is 42.8 Å². The average Bonchev–Trinajstić information content (AvgIpc) is 2.76. The fraction of sp³-hybridized carbons (Fsp3) is 0.444. The van der Waals surface area contributed by atoms with Crippen molar-refractivity contribution in [1.82, 2.24) is 0 Å². The second-order valence-electron chi connectivity index (χ2n) is 7.81. The van der Waals surface area contributed by atoms with Gasteiger partial charge in [0.25, 0.3) is 0 Å². The van der Waals surface area contributed by atoms with Gasteiger partial charge in [-0.2, -0.15) is 39.5 Å². The predicted octanol–water partition coefficient (Wildman–Crippen LogP) is 6.75. The van der Waals surface area contributed by atoms with Crippen LogP contribution in [0.15, 0.2) is 15.6 Å². The van der Waals surface area contributed by atoms with Crippen LogP contribution in [0.5, 0.6) is 0 Å². The summed E-state index contributed by atoms with van der Waals surface area (Å²) in [5.74, 6) is -21.3. The van der Waals surface area contributed by atoms with Crippen LogP contribution in [-0.4, -0.2) is 46.4 Å². The molecule has 0 aliphatic heterocycles. The number of rotatable bonds is 6. The van der Waals surface area contributed by atoms with Crippen LogP contribution >= 0.6 is 0 Å². The van der Waals surface area contributed by atoms with Gasteiger partial charge in [-0.15, -0.1) is 0 Å². The normalized spacial score (nSPS) is 19.6. The fourth-order valence-electron chi connectivity index (χ4n) is 3.36. The molecule has 228 valence electrons. The summed E-state index contributed by atoms with van der Waals surface area (Å²) < 4.78 is 263. The molecular weight excluding hydrogens is 648 g/mol. The summed E-state index contributed by atoms with van der Waals surface area (Å²) in [6.07, 6.45) is -29.2. The SMILES string of the molecule is O=S(=O)(CCC(F)(F)F)/C(=C1/C(F)=C(F)c2c(F)c(F)c(F)c(F)c2C1F)S(=O)(=O)C(CC(F)(F)F)C(F)(F)F. The quantitative estimate of drug-likeness (QED) is 0.193. The Bertz CT molecular complexity index is 1480. The number of hydrogen-bond acceptors (Lipinski definition) is 4. The van der Waals surface area contributed by atoms with Gasteiger partial charge in [-0.3, -0.25) is 0 Å². The molecule has 0 saturated carbocycles. The maximum Gasteiger partial charge on any atom is 0.406 e. The lowest BCUT2D eigenvalue weighted by molar-refractivity contribution is -0.179. The predicted molar refractivity (Wildman–Crippen MR) is 100 cm³/mol. The molecule has 4 nitrogen and oxygen atoms in total. The van der Waals surface area contributed by atoms with Gasteiger partial charge in [0.15, 0.2) is 60.4 Å². The fourth-order valence-corrected chi connectivity index (χ4v) is 8.11. The van der Waals surface area contributed by atoms with Crippen LogP contribution < -0.4 is 0 Å². The van der Waals surface area contributed by atoms with Gasteiger partial charge in [0.1, 0.15) is 0 Å². The smallest absolute Gasteiger partial charge is 0.237 e. The van der Waals surface area contributed by atoms with Crippen molar-refractivity contribution in [3.8, 4) is 0 Å². The molecule has 0 fully saturated rings. The molecule has 0 amide bonds. The second kappa shape index (κ2) is 10.4. The molecule has 0 aromatic heterocycles. The molecule has 0 N–H and O–H groups in total. The summed E-state index contributed by atoms with van der Waals surface area (Å²) in [7, 11) is -14.3. The summed E-state index contributed by atoms with van der Waals surface area (Å²) in [5, 5.41) is -5.01. The molecule has 0 bridgehead atoms. The first kappa shape index (κ1) is 33.7. The number of allylic oxidation sites excluding steroid dienone is 2. The van der Waals surface area contributed by atoms with Crippen molar-refractivity contribution < 1.29 is 87.1 Å². The van der Waals surface area contributed by atoms with Gasteiger partial charge in [0.2, 0.25) is 9.84 Å². The van der Waals surface area contributed by atoms with Crippen LogP contribution in [0.25, 0.3) is 5.83 Å². The van der Waals surface area contributed by atoms with E-state index >= 15 is 4.39 Å². The van der Waals surface area contributed by atoms with Crippen LogP contribution in [0.2, 0.25) is 0 Å². The highest BCUT2D eigenvalue weighted by Gasteiger charge is 2.58. The van der Waals surface area contributed by atoms with E-state index < -0.39 is 124 Å². The van der Waals surface area contributed by atoms with Crippen molar-refractivity contribution >= 4 is 25.5 Å². The second-order valence-corrected chi connectivity index (χ2v) is 12.2. The van der Waals surface area contributed by atoms with E-state index in [1.165, 1.54) is 0 Å². The van der Waals surface area contributed by atoms with Gasteiger partial charge in [-0.25, -0.2) is 47.6 Å². The average molecular weight is 656 g/mol. The zero-order chi connectivity index (χ0) is 31.5. The van der Waals surface area contributed by atoms with Crippen molar-refractivity contribution in [3.63, 3.8) is 0 Å². The summed E-state index contributed by atoms with van der Waals surface area (Å²) in [4.78, 5) is 0. The molecule has 0 radical (unpaired) electrons. The molecule has 2 rings (SSSR count). The lowest BCUT2D eigenvalue weighted by atomic mass is 9.89. The molecule has 0 saturated heterocycles. The minimum absolute atomic E-state index is 2.52. The van der Waals surface area contributed by atoms with Gasteiger partial charge in [0.05, 0.1) is 29.7 Å². The van der Waals surface area contributed by atoms with E-state index in [0.29, 0.717) is 0 Å². The van der Waals surface area contributed by atoms with E-state index in [4.69, 9.17) is 0 Å². The largest absolute Gasteiger partial charge is 0.406 e. The van der Waals surface area contributed by atoms with Crippen LogP contribution in [0.4, 0.5) is 70.2 Å². The lowest BCUT2D eigenvalue weighted by Gasteiger charge is -2.28. The summed E-state index contributed by atoms with van der Waals surface area (Å²) >= 11 is 0. The Labute approximate surface area is 211 Å². The third kappa shape index (κ3) is 6.35. The molecule has 0 heterocycles. The highest BCUT2D eigenvalue weighted by Crippen LogP contribution is 2.51. The number of alkyl halides is 10. The topological polar surface area (TPSA) is 68.3 Å². The maximum absolute atomic E-state index is 15.3. The van der Waals surface area contributed by atoms with Gasteiger partial charge < -0.3 is 0 Å². The minimum Gasteiger partial charge on any atom is -0.237 e. The van der Waals surface area contributed by atoms with Crippen LogP contribution in [0.1, 0.15) is 30.1 Å².